The standard InChI is InChI=1S/C17H21BrFNS/c1-2-10-20-17(7-3-5-14-6-4-11-21-14)15-12-13(18)8-9-16(15)19/h4,6,8-9,11-12,17,20H,2-3,5,7,10H2,1H3. The van der Waals surface area contributed by atoms with Gasteiger partial charge in [-0.15, -0.1) is 11.3 Å². The van der Waals surface area contributed by atoms with Crippen molar-refractivity contribution in [1.82, 2.24) is 5.32 Å². The smallest absolute Gasteiger partial charge is 0.128 e. The van der Waals surface area contributed by atoms with E-state index in [9.17, 15) is 4.39 Å². The molecule has 0 aliphatic heterocycles. The molecule has 114 valence electrons. The van der Waals surface area contributed by atoms with E-state index in [2.05, 4.69) is 45.7 Å². The summed E-state index contributed by atoms with van der Waals surface area (Å²) in [5, 5.41) is 5.58. The molecule has 0 saturated heterocycles. The first-order valence-corrected chi connectivity index (χ1v) is 9.08. The first kappa shape index (κ1) is 16.7. The minimum absolute atomic E-state index is 0.0856. The summed E-state index contributed by atoms with van der Waals surface area (Å²) in [6.45, 7) is 3.04. The Morgan fingerprint density at radius 2 is 2.19 bits per heavy atom. The molecule has 1 heterocycles. The summed E-state index contributed by atoms with van der Waals surface area (Å²) < 4.78 is 15.0. The van der Waals surface area contributed by atoms with Crippen LogP contribution in [0, 0.1) is 5.82 Å². The van der Waals surface area contributed by atoms with Crippen LogP contribution < -0.4 is 5.32 Å². The van der Waals surface area contributed by atoms with Crippen LogP contribution in [0.5, 0.6) is 0 Å². The van der Waals surface area contributed by atoms with Gasteiger partial charge in [-0.1, -0.05) is 28.9 Å². The van der Waals surface area contributed by atoms with E-state index in [1.54, 1.807) is 23.5 Å². The van der Waals surface area contributed by atoms with Gasteiger partial charge in [-0.2, -0.15) is 0 Å². The number of thiophene rings is 1. The molecule has 0 amide bonds. The third kappa shape index (κ3) is 5.20. The van der Waals surface area contributed by atoms with Gasteiger partial charge in [-0.3, -0.25) is 0 Å². The Morgan fingerprint density at radius 1 is 1.33 bits per heavy atom. The molecule has 1 nitrogen and oxygen atoms in total. The third-order valence-corrected chi connectivity index (χ3v) is 4.90. The van der Waals surface area contributed by atoms with Crippen LogP contribution in [-0.2, 0) is 6.42 Å². The number of rotatable bonds is 8. The fourth-order valence-corrected chi connectivity index (χ4v) is 3.53. The predicted octanol–water partition coefficient (Wildman–Crippen LogP) is 5.71. The molecular weight excluding hydrogens is 349 g/mol. The van der Waals surface area contributed by atoms with Crippen molar-refractivity contribution in [3.8, 4) is 0 Å². The van der Waals surface area contributed by atoms with E-state index in [1.165, 1.54) is 4.88 Å². The zero-order valence-electron chi connectivity index (χ0n) is 12.2. The molecule has 0 radical (unpaired) electrons. The Bertz CT molecular complexity index is 542. The van der Waals surface area contributed by atoms with E-state index in [4.69, 9.17) is 0 Å². The van der Waals surface area contributed by atoms with E-state index >= 15 is 0 Å². The van der Waals surface area contributed by atoms with Crippen LogP contribution in [-0.4, -0.2) is 6.54 Å². The molecule has 0 fully saturated rings. The van der Waals surface area contributed by atoms with Crippen molar-refractivity contribution in [2.75, 3.05) is 6.54 Å². The SMILES string of the molecule is CCCNC(CCCc1cccs1)c1cc(Br)ccc1F. The van der Waals surface area contributed by atoms with Gasteiger partial charge in [0.15, 0.2) is 0 Å². The van der Waals surface area contributed by atoms with Gasteiger partial charge in [0.05, 0.1) is 0 Å². The summed E-state index contributed by atoms with van der Waals surface area (Å²) >= 11 is 5.23. The monoisotopic (exact) mass is 369 g/mol. The predicted molar refractivity (Wildman–Crippen MR) is 92.4 cm³/mol. The minimum atomic E-state index is -0.122. The molecule has 1 aromatic carbocycles. The Balaban J connectivity index is 2.01. The van der Waals surface area contributed by atoms with Gasteiger partial charge >= 0.3 is 0 Å². The number of halogens is 2. The molecule has 0 aliphatic rings. The summed E-state index contributed by atoms with van der Waals surface area (Å²) in [6, 6.07) is 9.52. The second kappa shape index (κ2) is 8.66. The van der Waals surface area contributed by atoms with Gasteiger partial charge in [0.25, 0.3) is 0 Å². The molecule has 0 bridgehead atoms. The van der Waals surface area contributed by atoms with Gasteiger partial charge < -0.3 is 5.32 Å². The van der Waals surface area contributed by atoms with E-state index in [0.29, 0.717) is 0 Å². The topological polar surface area (TPSA) is 12.0 Å². The molecule has 2 aromatic rings. The van der Waals surface area contributed by atoms with E-state index in [-0.39, 0.29) is 11.9 Å². The zero-order valence-corrected chi connectivity index (χ0v) is 14.6. The van der Waals surface area contributed by atoms with Gasteiger partial charge in [0, 0.05) is 21.0 Å². The Labute approximate surface area is 138 Å². The summed E-state index contributed by atoms with van der Waals surface area (Å²) in [5.41, 5.74) is 0.768. The molecule has 1 unspecified atom stereocenters. The highest BCUT2D eigenvalue weighted by atomic mass is 79.9. The maximum Gasteiger partial charge on any atom is 0.128 e. The first-order valence-electron chi connectivity index (χ1n) is 7.41. The average molecular weight is 370 g/mol. The van der Waals surface area contributed by atoms with Crippen LogP contribution in [0.3, 0.4) is 0 Å². The van der Waals surface area contributed by atoms with Crippen molar-refractivity contribution < 1.29 is 4.39 Å². The van der Waals surface area contributed by atoms with Crippen LogP contribution in [0.4, 0.5) is 4.39 Å². The van der Waals surface area contributed by atoms with Crippen molar-refractivity contribution in [2.24, 2.45) is 0 Å². The third-order valence-electron chi connectivity index (χ3n) is 3.47. The average Bonchev–Trinajstić information content (AvgIpc) is 2.99. The molecule has 0 saturated carbocycles. The summed E-state index contributed by atoms with van der Waals surface area (Å²) in [4.78, 5) is 1.40. The van der Waals surface area contributed by atoms with Crippen molar-refractivity contribution in [3.63, 3.8) is 0 Å². The first-order chi connectivity index (χ1) is 10.2. The molecule has 0 spiro atoms. The van der Waals surface area contributed by atoms with Crippen molar-refractivity contribution in [2.45, 2.75) is 38.6 Å². The normalized spacial score (nSPS) is 12.5. The van der Waals surface area contributed by atoms with Crippen LogP contribution in [0.1, 0.15) is 42.7 Å². The van der Waals surface area contributed by atoms with Gasteiger partial charge in [-0.25, -0.2) is 4.39 Å². The summed E-state index contributed by atoms with van der Waals surface area (Å²) in [7, 11) is 0. The van der Waals surface area contributed by atoms with Crippen molar-refractivity contribution in [3.05, 3.63) is 56.4 Å². The maximum absolute atomic E-state index is 14.1. The van der Waals surface area contributed by atoms with Crippen LogP contribution >= 0.6 is 27.3 Å². The molecule has 1 aromatic heterocycles. The molecular formula is C17H21BrFNS. The fourth-order valence-electron chi connectivity index (χ4n) is 2.40. The lowest BCUT2D eigenvalue weighted by molar-refractivity contribution is 0.462. The van der Waals surface area contributed by atoms with E-state index in [1.807, 2.05) is 6.07 Å². The van der Waals surface area contributed by atoms with Gasteiger partial charge in [-0.05, 0) is 61.9 Å². The number of benzene rings is 1. The second-order valence-electron chi connectivity index (χ2n) is 5.14. The summed E-state index contributed by atoms with van der Waals surface area (Å²) in [6.07, 6.45) is 4.13. The van der Waals surface area contributed by atoms with Crippen LogP contribution in [0.2, 0.25) is 0 Å². The van der Waals surface area contributed by atoms with Crippen molar-refractivity contribution in [1.29, 1.82) is 0 Å². The second-order valence-corrected chi connectivity index (χ2v) is 7.09. The number of nitrogens with one attached hydrogen (secondary N) is 1. The highest BCUT2D eigenvalue weighted by Gasteiger charge is 2.15. The summed E-state index contributed by atoms with van der Waals surface area (Å²) in [5.74, 6) is -0.122. The van der Waals surface area contributed by atoms with Gasteiger partial charge in [0.1, 0.15) is 5.82 Å². The molecule has 1 atom stereocenters. The number of hydrogen-bond acceptors (Lipinski definition) is 2. The molecule has 4 heteroatoms. The Kier molecular flexibility index (Phi) is 6.87. The molecule has 21 heavy (non-hydrogen) atoms. The lowest BCUT2D eigenvalue weighted by Crippen LogP contribution is -2.23. The lowest BCUT2D eigenvalue weighted by atomic mass is 10.00. The van der Waals surface area contributed by atoms with E-state index in [0.717, 1.165) is 42.3 Å². The van der Waals surface area contributed by atoms with Crippen LogP contribution in [0.15, 0.2) is 40.2 Å². The highest BCUT2D eigenvalue weighted by molar-refractivity contribution is 9.10. The van der Waals surface area contributed by atoms with Crippen LogP contribution in [0.25, 0.3) is 0 Å². The lowest BCUT2D eigenvalue weighted by Gasteiger charge is -2.20. The quantitative estimate of drug-likeness (QED) is 0.627. The number of hydrogen-bond donors (Lipinski definition) is 1. The number of aryl methyl sites for hydroxylation is 1. The molecule has 1 N–H and O–H groups in total. The van der Waals surface area contributed by atoms with Crippen molar-refractivity contribution >= 4 is 27.3 Å². The van der Waals surface area contributed by atoms with Gasteiger partial charge in [0.2, 0.25) is 0 Å². The van der Waals surface area contributed by atoms with E-state index < -0.39 is 0 Å². The molecule has 2 rings (SSSR count). The Hall–Kier alpha value is -0.710. The Morgan fingerprint density at radius 3 is 2.90 bits per heavy atom. The maximum atomic E-state index is 14.1. The largest absolute Gasteiger partial charge is 0.310 e. The zero-order chi connectivity index (χ0) is 15.1. The minimum Gasteiger partial charge on any atom is -0.310 e. The fraction of sp³-hybridized carbons (Fsp3) is 0.412. The molecule has 0 aliphatic carbocycles. The highest BCUT2D eigenvalue weighted by Crippen LogP contribution is 2.26.